The van der Waals surface area contributed by atoms with Gasteiger partial charge in [-0.3, -0.25) is 14.4 Å². The second-order valence-corrected chi connectivity index (χ2v) is 11.1. The molecule has 12 heteroatoms. The molecule has 0 saturated heterocycles. The van der Waals surface area contributed by atoms with E-state index in [4.69, 9.17) is 17.0 Å². The van der Waals surface area contributed by atoms with E-state index >= 15 is 0 Å². The van der Waals surface area contributed by atoms with Crippen LogP contribution in [0.5, 0.6) is 0 Å². The first-order valence-electron chi connectivity index (χ1n) is 13.6. The number of carbonyl (C=O) groups excluding carboxylic acids is 4. The molecular weight excluding hydrogens is 532 g/mol. The van der Waals surface area contributed by atoms with E-state index in [1.165, 1.54) is 7.11 Å². The Bertz CT molecular complexity index is 1000. The monoisotopic (exact) mass is 579 g/mol. The highest BCUT2D eigenvalue weighted by Crippen LogP contribution is 2.16. The zero-order valence-electron chi connectivity index (χ0n) is 24.9. The Kier molecular flexibility index (Phi) is 15.2. The average molecular weight is 580 g/mol. The first kappa shape index (κ1) is 34.8. The summed E-state index contributed by atoms with van der Waals surface area (Å²) in [6, 6.07) is 8.09. The Hall–Kier alpha value is -3.25. The highest BCUT2D eigenvalue weighted by atomic mass is 32.1. The summed E-state index contributed by atoms with van der Waals surface area (Å²) < 4.78 is 5.33. The van der Waals surface area contributed by atoms with Gasteiger partial charge < -0.3 is 35.8 Å². The molecule has 11 nitrogen and oxygen atoms in total. The van der Waals surface area contributed by atoms with Crippen LogP contribution in [-0.4, -0.2) is 92.8 Å². The number of hydrogen-bond acceptors (Lipinski definition) is 6. The fourth-order valence-corrected chi connectivity index (χ4v) is 3.86. The van der Waals surface area contributed by atoms with E-state index in [2.05, 4.69) is 40.4 Å². The van der Waals surface area contributed by atoms with Crippen LogP contribution in [0.4, 0.5) is 5.69 Å². The van der Waals surface area contributed by atoms with Gasteiger partial charge in [0, 0.05) is 31.1 Å². The topological polar surface area (TPSA) is 138 Å². The van der Waals surface area contributed by atoms with Gasteiger partial charge in [0.25, 0.3) is 0 Å². The summed E-state index contributed by atoms with van der Waals surface area (Å²) in [6.07, 6.45) is 1.87. The number of hydrogen-bond donors (Lipinski definition) is 5. The second-order valence-electron chi connectivity index (χ2n) is 10.7. The molecule has 0 aliphatic heterocycles. The number of rotatable bonds is 16. The van der Waals surface area contributed by atoms with Crippen LogP contribution in [0.1, 0.15) is 46.1 Å². The third-order valence-electron chi connectivity index (χ3n) is 7.12. The normalized spacial score (nSPS) is 13.3. The van der Waals surface area contributed by atoms with Crippen molar-refractivity contribution in [3.63, 3.8) is 0 Å². The van der Waals surface area contributed by atoms with Gasteiger partial charge in [-0.1, -0.05) is 32.4 Å². The maximum Gasteiger partial charge on any atom is 0.361 e. The fourth-order valence-electron chi connectivity index (χ4n) is 3.64. The van der Waals surface area contributed by atoms with Crippen molar-refractivity contribution in [2.45, 2.75) is 59.0 Å². The van der Waals surface area contributed by atoms with Crippen LogP contribution < -0.4 is 26.6 Å². The molecule has 0 spiro atoms. The Morgan fingerprint density at radius 1 is 0.925 bits per heavy atom. The van der Waals surface area contributed by atoms with E-state index in [1.54, 1.807) is 0 Å². The van der Waals surface area contributed by atoms with Crippen molar-refractivity contribution >= 4 is 46.7 Å². The van der Waals surface area contributed by atoms with Gasteiger partial charge in [0.15, 0.2) is 11.7 Å². The molecule has 40 heavy (non-hydrogen) atoms. The molecule has 3 unspecified atom stereocenters. The minimum atomic E-state index is -0.436. The van der Waals surface area contributed by atoms with E-state index in [9.17, 15) is 19.2 Å². The summed E-state index contributed by atoms with van der Waals surface area (Å²) >= 11 is 5.31. The maximum absolute atomic E-state index is 12.1. The lowest BCUT2D eigenvalue weighted by Gasteiger charge is -2.35. The van der Waals surface area contributed by atoms with Crippen molar-refractivity contribution in [2.24, 2.45) is 5.92 Å². The summed E-state index contributed by atoms with van der Waals surface area (Å²) in [5.41, 5.74) is 1.94. The van der Waals surface area contributed by atoms with Crippen molar-refractivity contribution in [3.05, 3.63) is 29.8 Å². The maximum atomic E-state index is 12.1. The highest BCUT2D eigenvalue weighted by molar-refractivity contribution is 7.80. The third kappa shape index (κ3) is 13.7. The number of amides is 3. The number of carbonyl (C=O) groups is 4. The van der Waals surface area contributed by atoms with Crippen LogP contribution in [0.15, 0.2) is 24.3 Å². The standard InChI is InChI=1S/C28H46N6O5S/c1-8-19(2)21(4)32-26(37)17-31-25(36)16-30-24(35)13-14-29-28(40)33-23-11-9-22(10-12-23)15-20(3)34(5,6)18-27(38)39-7/h9-12,19-21H,8,13-18H2,1-7H3,(H4-,29,30,31,32,33,35,36,37,40)/p+1. The minimum absolute atomic E-state index is 0.0211. The molecule has 0 aromatic heterocycles. The van der Waals surface area contributed by atoms with E-state index in [-0.39, 0.29) is 55.9 Å². The quantitative estimate of drug-likeness (QED) is 0.112. The van der Waals surface area contributed by atoms with Crippen LogP contribution in [0, 0.1) is 5.92 Å². The van der Waals surface area contributed by atoms with Crippen LogP contribution in [-0.2, 0) is 30.3 Å². The summed E-state index contributed by atoms with van der Waals surface area (Å²) in [7, 11) is 5.41. The molecule has 0 radical (unpaired) electrons. The van der Waals surface area contributed by atoms with Gasteiger partial charge in [0.1, 0.15) is 0 Å². The van der Waals surface area contributed by atoms with E-state index < -0.39 is 5.91 Å². The SMILES string of the molecule is CCC(C)C(C)NC(=O)CNC(=O)CNC(=O)CCNC(=S)Nc1ccc(CC(C)[N+](C)(C)CC(=O)OC)cc1. The van der Waals surface area contributed by atoms with Crippen LogP contribution in [0.2, 0.25) is 0 Å². The van der Waals surface area contributed by atoms with Gasteiger partial charge in [-0.15, -0.1) is 0 Å². The Balaban J connectivity index is 2.31. The molecule has 224 valence electrons. The first-order valence-corrected chi connectivity index (χ1v) is 14.0. The van der Waals surface area contributed by atoms with E-state index in [0.717, 1.165) is 24.1 Å². The van der Waals surface area contributed by atoms with Gasteiger partial charge in [0.05, 0.1) is 40.3 Å². The zero-order valence-corrected chi connectivity index (χ0v) is 25.7. The number of quaternary nitrogens is 1. The summed E-state index contributed by atoms with van der Waals surface area (Å²) in [6.45, 7) is 8.38. The largest absolute Gasteiger partial charge is 0.465 e. The number of anilines is 1. The first-order chi connectivity index (χ1) is 18.8. The van der Waals surface area contributed by atoms with Crippen molar-refractivity contribution in [2.75, 3.05) is 52.7 Å². The molecule has 5 N–H and O–H groups in total. The number of methoxy groups -OCH3 is 1. The molecule has 1 aromatic carbocycles. The van der Waals surface area contributed by atoms with Crippen molar-refractivity contribution in [1.82, 2.24) is 21.3 Å². The van der Waals surface area contributed by atoms with Crippen LogP contribution in [0.3, 0.4) is 0 Å². The third-order valence-corrected chi connectivity index (χ3v) is 7.36. The molecule has 1 aromatic rings. The number of nitrogens with one attached hydrogen (secondary N) is 5. The van der Waals surface area contributed by atoms with E-state index in [1.807, 2.05) is 52.2 Å². The Morgan fingerprint density at radius 2 is 1.52 bits per heavy atom. The predicted molar refractivity (Wildman–Crippen MR) is 161 cm³/mol. The van der Waals surface area contributed by atoms with Crippen molar-refractivity contribution < 1.29 is 28.4 Å². The molecule has 0 fully saturated rings. The van der Waals surface area contributed by atoms with Gasteiger partial charge in [-0.2, -0.15) is 0 Å². The minimum Gasteiger partial charge on any atom is -0.465 e. The fraction of sp³-hybridized carbons (Fsp3) is 0.607. The van der Waals surface area contributed by atoms with Crippen molar-refractivity contribution in [1.29, 1.82) is 0 Å². The summed E-state index contributed by atoms with van der Waals surface area (Å²) in [4.78, 5) is 47.6. The summed E-state index contributed by atoms with van der Waals surface area (Å²) in [5, 5.41) is 14.3. The number of thiocarbonyl (C=S) groups is 1. The molecule has 3 amide bonds. The molecular formula is C28H47N6O5S+. The number of nitrogens with zero attached hydrogens (tertiary/aromatic N) is 1. The lowest BCUT2D eigenvalue weighted by molar-refractivity contribution is -0.906. The lowest BCUT2D eigenvalue weighted by Crippen LogP contribution is -2.51. The zero-order chi connectivity index (χ0) is 30.3. The Labute approximate surface area is 243 Å². The van der Waals surface area contributed by atoms with Gasteiger partial charge >= 0.3 is 5.97 Å². The highest BCUT2D eigenvalue weighted by Gasteiger charge is 2.27. The number of likely N-dealkylation sites (N-methyl/N-ethyl adjacent to an activating group) is 1. The molecule has 0 heterocycles. The Morgan fingerprint density at radius 3 is 2.12 bits per heavy atom. The van der Waals surface area contributed by atoms with Crippen LogP contribution >= 0.6 is 12.2 Å². The lowest BCUT2D eigenvalue weighted by atomic mass is 10.0. The molecule has 3 atom stereocenters. The molecule has 0 aliphatic rings. The predicted octanol–water partition coefficient (Wildman–Crippen LogP) is 1.33. The molecule has 0 aliphatic carbocycles. The molecule has 0 bridgehead atoms. The van der Waals surface area contributed by atoms with E-state index in [0.29, 0.717) is 22.1 Å². The van der Waals surface area contributed by atoms with Gasteiger partial charge in [0.2, 0.25) is 17.7 Å². The number of ether oxygens (including phenoxy) is 1. The number of esters is 1. The molecule has 1 rings (SSSR count). The second kappa shape index (κ2) is 17.4. The van der Waals surface area contributed by atoms with Crippen LogP contribution in [0.25, 0.3) is 0 Å². The van der Waals surface area contributed by atoms with Gasteiger partial charge in [-0.25, -0.2) is 4.79 Å². The number of benzene rings is 1. The van der Waals surface area contributed by atoms with Crippen molar-refractivity contribution in [3.8, 4) is 0 Å². The van der Waals surface area contributed by atoms with Gasteiger partial charge in [-0.05, 0) is 49.7 Å². The molecule has 0 saturated carbocycles. The smallest absolute Gasteiger partial charge is 0.361 e. The summed E-state index contributed by atoms with van der Waals surface area (Å²) in [5.74, 6) is -0.904. The average Bonchev–Trinajstić information content (AvgIpc) is 2.90.